The van der Waals surface area contributed by atoms with E-state index in [2.05, 4.69) is 66.6 Å². The first kappa shape index (κ1) is 71.6. The normalized spacial score (nSPS) is 19.8. The SMILES string of the molecule is CCCCCC/C=C\CCCCCC[C@@H](O)CC(=O)NCC(=O)N[C@@H](CCCN=C(N)N)C(=O)NC1CCCCNC(=O)C(CCCCN)NC(=O)[C@@H](CCCCN)NC(=O)[C@@H](CCCCN)NC(=O)C(CCCCN)NC1=O. The minimum absolute atomic E-state index is 0.0192. The van der Waals surface area contributed by atoms with Crippen LogP contribution in [0.1, 0.15) is 193 Å². The molecule has 1 aliphatic rings. The summed E-state index contributed by atoms with van der Waals surface area (Å²) in [4.78, 5) is 115. The van der Waals surface area contributed by atoms with Crippen molar-refractivity contribution >= 4 is 53.2 Å². The van der Waals surface area contributed by atoms with E-state index < -0.39 is 96.2 Å². The third-order valence-corrected chi connectivity index (χ3v) is 13.7. The number of carbonyl (C=O) groups is 8. The summed E-state index contributed by atoms with van der Waals surface area (Å²) in [6.45, 7) is 3.32. The number of aliphatic hydroxyl groups is 1. The summed E-state index contributed by atoms with van der Waals surface area (Å²) in [6.07, 6.45) is 20.5. The summed E-state index contributed by atoms with van der Waals surface area (Å²) in [6, 6.07) is -6.89. The smallest absolute Gasteiger partial charge is 0.243 e. The molecule has 0 aliphatic carbocycles. The molecule has 0 aromatic carbocycles. The highest BCUT2D eigenvalue weighted by Crippen LogP contribution is 2.14. The summed E-state index contributed by atoms with van der Waals surface area (Å²) >= 11 is 0. The molecule has 1 heterocycles. The molecule has 24 heteroatoms. The Bertz CT molecular complexity index is 1810. The van der Waals surface area contributed by atoms with Crippen molar-refractivity contribution in [3.05, 3.63) is 12.2 Å². The molecule has 1 rings (SSSR count). The second kappa shape index (κ2) is 46.3. The van der Waals surface area contributed by atoms with Crippen LogP contribution in [0.4, 0.5) is 0 Å². The molecule has 3 unspecified atom stereocenters. The minimum atomic E-state index is -1.27. The van der Waals surface area contributed by atoms with Crippen LogP contribution >= 0.6 is 0 Å². The van der Waals surface area contributed by atoms with E-state index >= 15 is 0 Å². The van der Waals surface area contributed by atoms with Gasteiger partial charge in [-0.15, -0.1) is 0 Å². The van der Waals surface area contributed by atoms with Crippen LogP contribution < -0.4 is 76.9 Å². The van der Waals surface area contributed by atoms with Gasteiger partial charge in [0.15, 0.2) is 5.96 Å². The highest BCUT2D eigenvalue weighted by atomic mass is 16.3. The molecule has 79 heavy (non-hydrogen) atoms. The van der Waals surface area contributed by atoms with E-state index in [1.54, 1.807) is 0 Å². The number of amides is 8. The van der Waals surface area contributed by atoms with E-state index in [9.17, 15) is 43.5 Å². The van der Waals surface area contributed by atoms with Crippen LogP contribution in [0.5, 0.6) is 0 Å². The summed E-state index contributed by atoms with van der Waals surface area (Å²) in [5.74, 6) is -5.24. The fourth-order valence-corrected chi connectivity index (χ4v) is 8.99. The maximum absolute atomic E-state index is 14.4. The van der Waals surface area contributed by atoms with Gasteiger partial charge in [-0.25, -0.2) is 0 Å². The predicted molar refractivity (Wildman–Crippen MR) is 309 cm³/mol. The number of hydrogen-bond acceptors (Lipinski definition) is 14. The number of hydrogen-bond donors (Lipinski definition) is 15. The Morgan fingerprint density at radius 1 is 0.595 bits per heavy atom. The number of guanidine groups is 1. The van der Waals surface area contributed by atoms with Crippen LogP contribution in [0, 0.1) is 0 Å². The van der Waals surface area contributed by atoms with Crippen molar-refractivity contribution in [1.29, 1.82) is 0 Å². The molecular weight excluding hydrogens is 1010 g/mol. The molecule has 0 saturated carbocycles. The van der Waals surface area contributed by atoms with Crippen molar-refractivity contribution < 1.29 is 43.5 Å². The number of unbranched alkanes of at least 4 members (excludes halogenated alkanes) is 12. The standard InChI is InChI=1S/C55H105N15O9/c1-2-3-4-5-6-7-8-9-10-11-12-13-25-40(71)38-47(72)64-39-48(73)65-42(31-24-37-63-55(60)61)50(75)67-46-30-18-23-36-62-49(74)41(26-14-19-32-56)66-51(76)43(27-15-20-33-57)68-52(77)44(28-16-21-34-58)69-53(78)45(70-54(46)79)29-17-22-35-59/h7-8,40-46,71H,2-6,9-39,56-59H2,1H3,(H,62,74)(H,64,72)(H,65,73)(H,66,76)(H,67,75)(H,68,77)(H,69,78)(H,70,79)(H4,60,61,63)/b8-7-/t40-,41?,42+,43-,44-,45?,46?/m1/s1. The van der Waals surface area contributed by atoms with Crippen LogP contribution in [0.3, 0.4) is 0 Å². The van der Waals surface area contributed by atoms with E-state index in [1.807, 2.05) is 0 Å². The van der Waals surface area contributed by atoms with E-state index in [4.69, 9.17) is 34.4 Å². The van der Waals surface area contributed by atoms with Gasteiger partial charge in [0.05, 0.1) is 19.1 Å². The van der Waals surface area contributed by atoms with Crippen LogP contribution in [0.25, 0.3) is 0 Å². The lowest BCUT2D eigenvalue weighted by molar-refractivity contribution is -0.135. The van der Waals surface area contributed by atoms with Gasteiger partial charge in [-0.2, -0.15) is 0 Å². The molecular formula is C55H105N15O9. The Morgan fingerprint density at radius 3 is 1.57 bits per heavy atom. The summed E-state index contributed by atoms with van der Waals surface area (Å²) in [7, 11) is 0. The average molecular weight is 1120 g/mol. The molecule has 0 spiro atoms. The molecule has 0 radical (unpaired) electrons. The van der Waals surface area contributed by atoms with Crippen molar-refractivity contribution in [2.24, 2.45) is 39.4 Å². The van der Waals surface area contributed by atoms with Crippen molar-refractivity contribution in [1.82, 2.24) is 42.5 Å². The first-order valence-corrected chi connectivity index (χ1v) is 29.6. The molecule has 1 saturated heterocycles. The predicted octanol–water partition coefficient (Wildman–Crippen LogP) is 0.499. The van der Waals surface area contributed by atoms with Gasteiger partial charge in [-0.1, -0.05) is 57.6 Å². The first-order valence-electron chi connectivity index (χ1n) is 29.6. The molecule has 1 aliphatic heterocycles. The van der Waals surface area contributed by atoms with Gasteiger partial charge < -0.3 is 82.0 Å². The van der Waals surface area contributed by atoms with Crippen molar-refractivity contribution in [2.75, 3.05) is 45.8 Å². The second-order valence-electron chi connectivity index (χ2n) is 20.7. The number of nitrogens with two attached hydrogens (primary N) is 6. The number of nitrogens with one attached hydrogen (secondary N) is 8. The van der Waals surface area contributed by atoms with Gasteiger partial charge >= 0.3 is 0 Å². The van der Waals surface area contributed by atoms with E-state index in [-0.39, 0.29) is 76.8 Å². The number of allylic oxidation sites excluding steroid dienone is 2. The fourth-order valence-electron chi connectivity index (χ4n) is 8.99. The monoisotopic (exact) mass is 1120 g/mol. The van der Waals surface area contributed by atoms with Crippen LogP contribution in [-0.4, -0.2) is 146 Å². The van der Waals surface area contributed by atoms with Gasteiger partial charge in [0.25, 0.3) is 0 Å². The lowest BCUT2D eigenvalue weighted by Gasteiger charge is -2.28. The Hall–Kier alpha value is -5.43. The molecule has 7 atom stereocenters. The van der Waals surface area contributed by atoms with E-state index in [0.717, 1.165) is 38.5 Å². The lowest BCUT2D eigenvalue weighted by atomic mass is 10.0. The number of aliphatic hydroxyl groups excluding tert-OH is 1. The highest BCUT2D eigenvalue weighted by Gasteiger charge is 2.33. The maximum atomic E-state index is 14.4. The Kier molecular flexibility index (Phi) is 42.0. The average Bonchev–Trinajstić information content (AvgIpc) is 3.41. The van der Waals surface area contributed by atoms with Gasteiger partial charge in [0.2, 0.25) is 47.3 Å². The largest absolute Gasteiger partial charge is 0.393 e. The highest BCUT2D eigenvalue weighted by molar-refractivity contribution is 5.97. The summed E-state index contributed by atoms with van der Waals surface area (Å²) < 4.78 is 0. The van der Waals surface area contributed by atoms with Crippen molar-refractivity contribution in [3.8, 4) is 0 Å². The number of carbonyl (C=O) groups excluding carboxylic acids is 8. The lowest BCUT2D eigenvalue weighted by Crippen LogP contribution is -2.59. The molecule has 0 bridgehead atoms. The van der Waals surface area contributed by atoms with Crippen LogP contribution in [0.15, 0.2) is 17.1 Å². The number of rotatable bonds is 39. The van der Waals surface area contributed by atoms with Gasteiger partial charge in [-0.3, -0.25) is 43.3 Å². The Labute approximate surface area is 470 Å². The zero-order valence-corrected chi connectivity index (χ0v) is 47.8. The van der Waals surface area contributed by atoms with E-state index in [1.165, 1.54) is 25.7 Å². The van der Waals surface area contributed by atoms with Crippen molar-refractivity contribution in [3.63, 3.8) is 0 Å². The number of aliphatic imine (C=N–C) groups is 1. The zero-order valence-electron chi connectivity index (χ0n) is 47.8. The quantitative estimate of drug-likeness (QED) is 0.0173. The van der Waals surface area contributed by atoms with Gasteiger partial charge in [0, 0.05) is 13.1 Å². The molecule has 21 N–H and O–H groups in total. The minimum Gasteiger partial charge on any atom is -0.393 e. The molecule has 454 valence electrons. The fraction of sp³-hybridized carbons (Fsp3) is 0.800. The topological polar surface area (TPSA) is 422 Å². The molecule has 1 fully saturated rings. The first-order chi connectivity index (χ1) is 38.1. The van der Waals surface area contributed by atoms with Crippen LogP contribution in [-0.2, 0) is 38.4 Å². The van der Waals surface area contributed by atoms with Gasteiger partial charge in [0.1, 0.15) is 36.3 Å². The van der Waals surface area contributed by atoms with Crippen molar-refractivity contribution in [2.45, 2.75) is 235 Å². The Morgan fingerprint density at radius 2 is 1.08 bits per heavy atom. The maximum Gasteiger partial charge on any atom is 0.243 e. The third kappa shape index (κ3) is 35.7. The van der Waals surface area contributed by atoms with Crippen LogP contribution in [0.2, 0.25) is 0 Å². The second-order valence-corrected chi connectivity index (χ2v) is 20.7. The molecule has 0 aromatic rings. The summed E-state index contributed by atoms with van der Waals surface area (Å²) in [5, 5.41) is 32.6. The Balaban J connectivity index is 3.37. The third-order valence-electron chi connectivity index (χ3n) is 13.7. The molecule has 0 aromatic heterocycles. The van der Waals surface area contributed by atoms with Gasteiger partial charge in [-0.05, 0) is 167 Å². The number of nitrogens with zero attached hydrogens (tertiary/aromatic N) is 1. The van der Waals surface area contributed by atoms with E-state index in [0.29, 0.717) is 90.4 Å². The summed E-state index contributed by atoms with van der Waals surface area (Å²) in [5.41, 5.74) is 34.2. The zero-order chi connectivity index (χ0) is 58.5. The molecule has 24 nitrogen and oxygen atoms in total. The molecule has 8 amide bonds.